The molecule has 0 aliphatic carbocycles. The number of rotatable bonds is 8. The molecule has 7 rings (SSSR count). The number of carbonyl (C=O) groups is 3. The number of methoxy groups -OCH3 is 2. The first kappa shape index (κ1) is 37.1. The predicted octanol–water partition coefficient (Wildman–Crippen LogP) is 4.04. The standard InChI is InChI=1S/C38H46N4O10S/c1-17(2)9-26(44)40-22-14-53-37-29-28(36-34(50-16-51-36)19(4)33(29)52-20(5)43)25(13-48-38(22)45)42-24(12-39)23-11-21-10-18(3)32(47-8)35(49-15-46-7)27(21)30(31(37)42)41(23)6/h10,17,22-25,30-31,37H,9,11,13-16H2,1-8H3,(H,40,44)/t22-,23-,24-,25-,30+,31?,37+/m0/s1. The fourth-order valence-corrected chi connectivity index (χ4v) is 10.4. The van der Waals surface area contributed by atoms with Gasteiger partial charge in [0.25, 0.3) is 0 Å². The van der Waals surface area contributed by atoms with Crippen molar-refractivity contribution in [3.8, 4) is 34.8 Å². The second-order valence-electron chi connectivity index (χ2n) is 14.6. The van der Waals surface area contributed by atoms with Gasteiger partial charge >= 0.3 is 11.9 Å². The lowest BCUT2D eigenvalue weighted by Gasteiger charge is -2.61. The molecule has 0 radical (unpaired) electrons. The molecule has 2 aromatic carbocycles. The van der Waals surface area contributed by atoms with Gasteiger partial charge in [0, 0.05) is 60.5 Å². The molecule has 14 nitrogen and oxygen atoms in total. The van der Waals surface area contributed by atoms with E-state index in [-0.39, 0.29) is 56.3 Å². The molecule has 2 aromatic rings. The molecule has 0 aromatic heterocycles. The monoisotopic (exact) mass is 750 g/mol. The first-order valence-electron chi connectivity index (χ1n) is 17.8. The Balaban J connectivity index is 1.50. The number of nitriles is 1. The van der Waals surface area contributed by atoms with E-state index in [0.717, 1.165) is 16.7 Å². The Morgan fingerprint density at radius 3 is 2.53 bits per heavy atom. The Kier molecular flexibility index (Phi) is 10.2. The summed E-state index contributed by atoms with van der Waals surface area (Å²) in [4.78, 5) is 44.1. The van der Waals surface area contributed by atoms with Gasteiger partial charge in [-0.3, -0.25) is 19.4 Å². The number of hydrogen-bond acceptors (Lipinski definition) is 14. The van der Waals surface area contributed by atoms with Gasteiger partial charge in [0.2, 0.25) is 12.7 Å². The second kappa shape index (κ2) is 14.5. The quantitative estimate of drug-likeness (QED) is 0.234. The molecule has 53 heavy (non-hydrogen) atoms. The van der Waals surface area contributed by atoms with Crippen molar-refractivity contribution in [2.75, 3.05) is 47.2 Å². The highest BCUT2D eigenvalue weighted by Crippen LogP contribution is 2.64. The van der Waals surface area contributed by atoms with Gasteiger partial charge < -0.3 is 38.5 Å². The highest BCUT2D eigenvalue weighted by atomic mass is 32.2. The summed E-state index contributed by atoms with van der Waals surface area (Å²) < 4.78 is 42.1. The maximum absolute atomic E-state index is 13.8. The number of carbonyl (C=O) groups excluding carboxylic acids is 3. The van der Waals surface area contributed by atoms with Crippen LogP contribution < -0.4 is 29.0 Å². The molecule has 2 fully saturated rings. The Morgan fingerprint density at radius 2 is 1.85 bits per heavy atom. The zero-order valence-electron chi connectivity index (χ0n) is 31.3. The minimum Gasteiger partial charge on any atom is -0.493 e. The number of nitrogens with one attached hydrogen (secondary N) is 1. The van der Waals surface area contributed by atoms with E-state index in [9.17, 15) is 19.6 Å². The number of aryl methyl sites for hydroxylation is 1. The van der Waals surface area contributed by atoms with E-state index < -0.39 is 41.4 Å². The molecule has 15 heteroatoms. The minimum absolute atomic E-state index is 0.0159. The van der Waals surface area contributed by atoms with Crippen LogP contribution in [-0.4, -0.2) is 99.0 Å². The maximum Gasteiger partial charge on any atom is 0.329 e. The summed E-state index contributed by atoms with van der Waals surface area (Å²) in [6, 6.07) is 1.32. The molecule has 4 bridgehead atoms. The van der Waals surface area contributed by atoms with Gasteiger partial charge in [-0.15, -0.1) is 11.8 Å². The van der Waals surface area contributed by atoms with Crippen LogP contribution in [0.3, 0.4) is 0 Å². The highest BCUT2D eigenvalue weighted by molar-refractivity contribution is 7.99. The second-order valence-corrected chi connectivity index (χ2v) is 15.8. The average Bonchev–Trinajstić information content (AvgIpc) is 3.60. The number of likely N-dealkylation sites (N-methyl/N-ethyl adjacent to an activating group) is 1. The number of benzene rings is 2. The summed E-state index contributed by atoms with van der Waals surface area (Å²) in [5.41, 5.74) is 4.80. The fraction of sp³-hybridized carbons (Fsp3) is 0.579. The van der Waals surface area contributed by atoms with Gasteiger partial charge in [-0.2, -0.15) is 5.26 Å². The minimum atomic E-state index is -0.947. The third-order valence-corrected chi connectivity index (χ3v) is 12.3. The van der Waals surface area contributed by atoms with Crippen LogP contribution in [0.5, 0.6) is 28.7 Å². The molecule has 284 valence electrons. The van der Waals surface area contributed by atoms with Crippen LogP contribution >= 0.6 is 11.8 Å². The van der Waals surface area contributed by atoms with Crippen molar-refractivity contribution in [3.05, 3.63) is 39.4 Å². The van der Waals surface area contributed by atoms with Crippen molar-refractivity contribution >= 4 is 29.6 Å². The van der Waals surface area contributed by atoms with Crippen LogP contribution in [0.4, 0.5) is 0 Å². The van der Waals surface area contributed by atoms with Gasteiger partial charge in [-0.05, 0) is 44.4 Å². The third-order valence-electron chi connectivity index (χ3n) is 10.9. The van der Waals surface area contributed by atoms with Crippen molar-refractivity contribution in [2.45, 2.75) is 89.0 Å². The molecule has 2 saturated heterocycles. The van der Waals surface area contributed by atoms with Crippen molar-refractivity contribution in [2.24, 2.45) is 5.92 Å². The SMILES string of the molecule is COCOc1c(OC)c(C)cc2c1[C@@H]1C3[C@@H]4SC[C@H](NC(=O)CC(C)C)C(=O)OC[C@@H](c5c6c(c(C)c(OC(C)=O)c54)OCO6)N3[C@@H](C#N)[C@H](C2)N1C. The number of amides is 1. The average molecular weight is 751 g/mol. The van der Waals surface area contributed by atoms with Gasteiger partial charge in [-0.1, -0.05) is 19.9 Å². The number of cyclic esters (lactones) is 1. The molecule has 7 atom stereocenters. The molecule has 0 saturated carbocycles. The van der Waals surface area contributed by atoms with Crippen LogP contribution in [0.1, 0.15) is 77.9 Å². The first-order chi connectivity index (χ1) is 25.4. The lowest BCUT2D eigenvalue weighted by Crippen LogP contribution is -2.69. The zero-order valence-corrected chi connectivity index (χ0v) is 32.1. The summed E-state index contributed by atoms with van der Waals surface area (Å²) in [6.45, 7) is 8.81. The number of piperazine rings is 1. The summed E-state index contributed by atoms with van der Waals surface area (Å²) in [5, 5.41) is 13.5. The lowest BCUT2D eigenvalue weighted by molar-refractivity contribution is -0.152. The van der Waals surface area contributed by atoms with Crippen LogP contribution in [0.2, 0.25) is 0 Å². The Morgan fingerprint density at radius 1 is 1.09 bits per heavy atom. The summed E-state index contributed by atoms with van der Waals surface area (Å²) >= 11 is 1.45. The summed E-state index contributed by atoms with van der Waals surface area (Å²) in [7, 11) is 5.20. The van der Waals surface area contributed by atoms with Gasteiger partial charge in [0.05, 0.1) is 30.5 Å². The van der Waals surface area contributed by atoms with Crippen molar-refractivity contribution in [1.29, 1.82) is 5.26 Å². The number of hydrogen-bond donors (Lipinski definition) is 1. The Labute approximate surface area is 313 Å². The van der Waals surface area contributed by atoms with Crippen LogP contribution in [-0.2, 0) is 30.3 Å². The van der Waals surface area contributed by atoms with Gasteiger partial charge in [0.1, 0.15) is 24.4 Å². The van der Waals surface area contributed by atoms with E-state index in [1.807, 2.05) is 34.7 Å². The normalized spacial score (nSPS) is 27.2. The van der Waals surface area contributed by atoms with Crippen LogP contribution in [0.15, 0.2) is 6.07 Å². The van der Waals surface area contributed by atoms with E-state index in [2.05, 4.69) is 27.3 Å². The maximum atomic E-state index is 13.8. The van der Waals surface area contributed by atoms with Crippen molar-refractivity contribution < 1.29 is 47.5 Å². The largest absolute Gasteiger partial charge is 0.493 e. The van der Waals surface area contributed by atoms with Gasteiger partial charge in [-0.25, -0.2) is 4.79 Å². The van der Waals surface area contributed by atoms with Gasteiger partial charge in [0.15, 0.2) is 29.8 Å². The lowest BCUT2D eigenvalue weighted by atomic mass is 9.71. The van der Waals surface area contributed by atoms with E-state index in [1.165, 1.54) is 18.7 Å². The Bertz CT molecular complexity index is 1880. The Hall–Kier alpha value is -4.23. The van der Waals surface area contributed by atoms with E-state index >= 15 is 0 Å². The zero-order chi connectivity index (χ0) is 37.9. The van der Waals surface area contributed by atoms with Crippen LogP contribution in [0.25, 0.3) is 0 Å². The molecular weight excluding hydrogens is 705 g/mol. The highest BCUT2D eigenvalue weighted by Gasteiger charge is 2.61. The predicted molar refractivity (Wildman–Crippen MR) is 192 cm³/mol. The smallest absolute Gasteiger partial charge is 0.329 e. The van der Waals surface area contributed by atoms with Crippen molar-refractivity contribution in [1.82, 2.24) is 15.1 Å². The summed E-state index contributed by atoms with van der Waals surface area (Å²) in [5.74, 6) is 1.31. The number of nitrogens with zero attached hydrogens (tertiary/aromatic N) is 3. The third kappa shape index (κ3) is 6.13. The topological polar surface area (TPSA) is 158 Å². The molecule has 0 spiro atoms. The number of esters is 2. The molecule has 1 amide bonds. The number of fused-ring (bicyclic) bond motifs is 9. The molecule has 5 aliphatic rings. The summed E-state index contributed by atoms with van der Waals surface area (Å²) in [6.07, 6.45) is 0.794. The molecule has 5 aliphatic heterocycles. The van der Waals surface area contributed by atoms with Crippen LogP contribution in [0, 0.1) is 31.1 Å². The molecular formula is C38H46N4O10S. The number of ether oxygens (including phenoxy) is 7. The van der Waals surface area contributed by atoms with E-state index in [1.54, 1.807) is 14.2 Å². The number of thioether (sulfide) groups is 1. The van der Waals surface area contributed by atoms with E-state index in [0.29, 0.717) is 51.9 Å². The molecule has 1 unspecified atom stereocenters. The fourth-order valence-electron chi connectivity index (χ4n) is 8.93. The molecule has 5 heterocycles. The molecule has 1 N–H and O–H groups in total. The van der Waals surface area contributed by atoms with Crippen molar-refractivity contribution in [3.63, 3.8) is 0 Å². The van der Waals surface area contributed by atoms with E-state index in [4.69, 9.17) is 33.2 Å². The first-order valence-corrected chi connectivity index (χ1v) is 18.9.